The molecule has 0 saturated carbocycles. The zero-order chi connectivity index (χ0) is 17.3. The van der Waals surface area contributed by atoms with Gasteiger partial charge in [0.25, 0.3) is 11.8 Å². The minimum absolute atomic E-state index is 0.145. The van der Waals surface area contributed by atoms with Crippen LogP contribution in [0.5, 0.6) is 0 Å². The molecule has 1 aromatic heterocycles. The molecule has 1 N–H and O–H groups in total. The number of fused-ring (bicyclic) bond motifs is 1. The molecule has 0 saturated heterocycles. The molecule has 24 heavy (non-hydrogen) atoms. The van der Waals surface area contributed by atoms with Crippen molar-refractivity contribution >= 4 is 34.7 Å². The minimum Gasteiger partial charge on any atom is -0.326 e. The number of hydrogen-bond acceptors (Lipinski definition) is 4. The molecule has 0 radical (unpaired) electrons. The van der Waals surface area contributed by atoms with E-state index in [-0.39, 0.29) is 23.6 Å². The standard InChI is InChI=1S/C18H18N2O3S/c1-11(2)10-20-17(22)14-6-5-12(8-15(14)18(20)23)19-16(21)9-13-4-3-7-24-13/h3-8,11H,9-10H2,1-2H3,(H,19,21). The van der Waals surface area contributed by atoms with Crippen molar-refractivity contribution in [3.05, 3.63) is 51.7 Å². The molecule has 0 bridgehead atoms. The van der Waals surface area contributed by atoms with E-state index in [1.54, 1.807) is 18.2 Å². The van der Waals surface area contributed by atoms with Crippen LogP contribution in [0.15, 0.2) is 35.7 Å². The lowest BCUT2D eigenvalue weighted by atomic mass is 10.1. The lowest BCUT2D eigenvalue weighted by Crippen LogP contribution is -2.33. The largest absolute Gasteiger partial charge is 0.326 e. The molecule has 1 aromatic carbocycles. The van der Waals surface area contributed by atoms with Gasteiger partial charge in [-0.2, -0.15) is 0 Å². The smallest absolute Gasteiger partial charge is 0.261 e. The Kier molecular flexibility index (Phi) is 4.49. The molecule has 1 aliphatic rings. The fraction of sp³-hybridized carbons (Fsp3) is 0.278. The van der Waals surface area contributed by atoms with E-state index in [1.165, 1.54) is 16.2 Å². The molecular weight excluding hydrogens is 324 g/mol. The Morgan fingerprint density at radius 3 is 2.58 bits per heavy atom. The highest BCUT2D eigenvalue weighted by Gasteiger charge is 2.35. The van der Waals surface area contributed by atoms with Crippen molar-refractivity contribution in [3.63, 3.8) is 0 Å². The van der Waals surface area contributed by atoms with Crippen molar-refractivity contribution in [3.8, 4) is 0 Å². The van der Waals surface area contributed by atoms with Gasteiger partial charge < -0.3 is 5.32 Å². The van der Waals surface area contributed by atoms with Gasteiger partial charge in [-0.25, -0.2) is 0 Å². The van der Waals surface area contributed by atoms with Gasteiger partial charge in [0.05, 0.1) is 17.5 Å². The van der Waals surface area contributed by atoms with Crippen LogP contribution < -0.4 is 5.32 Å². The summed E-state index contributed by atoms with van der Waals surface area (Å²) in [5.74, 6) is -0.497. The van der Waals surface area contributed by atoms with Crippen molar-refractivity contribution in [2.24, 2.45) is 5.92 Å². The highest BCUT2D eigenvalue weighted by atomic mass is 32.1. The summed E-state index contributed by atoms with van der Waals surface area (Å²) in [6.45, 7) is 4.31. The molecular formula is C18H18N2O3S. The van der Waals surface area contributed by atoms with Gasteiger partial charge in [-0.15, -0.1) is 11.3 Å². The van der Waals surface area contributed by atoms with Crippen molar-refractivity contribution in [2.45, 2.75) is 20.3 Å². The summed E-state index contributed by atoms with van der Waals surface area (Å²) in [6.07, 6.45) is 0.293. The number of imide groups is 1. The number of thiophene rings is 1. The number of benzene rings is 1. The minimum atomic E-state index is -0.293. The first-order valence-corrected chi connectivity index (χ1v) is 8.66. The maximum absolute atomic E-state index is 12.4. The first kappa shape index (κ1) is 16.4. The predicted octanol–water partition coefficient (Wildman–Crippen LogP) is 3.18. The quantitative estimate of drug-likeness (QED) is 0.849. The van der Waals surface area contributed by atoms with Gasteiger partial charge in [0.1, 0.15) is 0 Å². The molecule has 3 amide bonds. The maximum Gasteiger partial charge on any atom is 0.261 e. The normalized spacial score (nSPS) is 13.5. The summed E-state index contributed by atoms with van der Waals surface area (Å²) in [4.78, 5) is 39.1. The third-order valence-corrected chi connectivity index (χ3v) is 4.59. The molecule has 0 unspecified atom stereocenters. The molecule has 0 atom stereocenters. The van der Waals surface area contributed by atoms with Crippen LogP contribution in [0.25, 0.3) is 0 Å². The monoisotopic (exact) mass is 342 g/mol. The Labute approximate surface area is 144 Å². The zero-order valence-corrected chi connectivity index (χ0v) is 14.4. The molecule has 5 nitrogen and oxygen atoms in total. The molecule has 0 fully saturated rings. The number of hydrogen-bond donors (Lipinski definition) is 1. The second-order valence-corrected chi connectivity index (χ2v) is 7.21. The molecule has 124 valence electrons. The lowest BCUT2D eigenvalue weighted by Gasteiger charge is -2.15. The van der Waals surface area contributed by atoms with E-state index in [9.17, 15) is 14.4 Å². The number of nitrogens with one attached hydrogen (secondary N) is 1. The van der Waals surface area contributed by atoms with E-state index >= 15 is 0 Å². The number of carbonyl (C=O) groups excluding carboxylic acids is 3. The van der Waals surface area contributed by atoms with Gasteiger partial charge in [0, 0.05) is 17.1 Å². The van der Waals surface area contributed by atoms with Crippen molar-refractivity contribution in [1.82, 2.24) is 4.90 Å². The van der Waals surface area contributed by atoms with Gasteiger partial charge >= 0.3 is 0 Å². The topological polar surface area (TPSA) is 66.5 Å². The van der Waals surface area contributed by atoms with E-state index < -0.39 is 0 Å². The summed E-state index contributed by atoms with van der Waals surface area (Å²) >= 11 is 1.52. The van der Waals surface area contributed by atoms with Crippen LogP contribution >= 0.6 is 11.3 Å². The number of rotatable bonds is 5. The Morgan fingerprint density at radius 2 is 1.92 bits per heavy atom. The SMILES string of the molecule is CC(C)CN1C(=O)c2ccc(NC(=O)Cc3cccs3)cc2C1=O. The van der Waals surface area contributed by atoms with E-state index in [4.69, 9.17) is 0 Å². The van der Waals surface area contributed by atoms with Gasteiger partial charge in [-0.3, -0.25) is 19.3 Å². The number of amides is 3. The highest BCUT2D eigenvalue weighted by Crippen LogP contribution is 2.26. The van der Waals surface area contributed by atoms with Crippen LogP contribution in [0.2, 0.25) is 0 Å². The third-order valence-electron chi connectivity index (χ3n) is 3.72. The molecule has 0 aliphatic carbocycles. The Balaban J connectivity index is 1.76. The summed E-state index contributed by atoms with van der Waals surface area (Å²) in [6, 6.07) is 8.66. The second kappa shape index (κ2) is 6.57. The third kappa shape index (κ3) is 3.23. The lowest BCUT2D eigenvalue weighted by molar-refractivity contribution is -0.115. The second-order valence-electron chi connectivity index (χ2n) is 6.18. The van der Waals surface area contributed by atoms with Crippen LogP contribution in [0, 0.1) is 5.92 Å². The fourth-order valence-electron chi connectivity index (χ4n) is 2.68. The van der Waals surface area contributed by atoms with Crippen molar-refractivity contribution < 1.29 is 14.4 Å². The van der Waals surface area contributed by atoms with Crippen LogP contribution in [-0.4, -0.2) is 29.2 Å². The van der Waals surface area contributed by atoms with Gasteiger partial charge in [0.2, 0.25) is 5.91 Å². The molecule has 2 heterocycles. The average molecular weight is 342 g/mol. The van der Waals surface area contributed by atoms with E-state index in [1.807, 2.05) is 31.4 Å². The summed E-state index contributed by atoms with van der Waals surface area (Å²) < 4.78 is 0. The molecule has 0 spiro atoms. The molecule has 2 aromatic rings. The van der Waals surface area contributed by atoms with E-state index in [2.05, 4.69) is 5.32 Å². The van der Waals surface area contributed by atoms with Crippen molar-refractivity contribution in [2.75, 3.05) is 11.9 Å². The summed E-state index contributed by atoms with van der Waals surface area (Å²) in [5, 5.41) is 4.71. The highest BCUT2D eigenvalue weighted by molar-refractivity contribution is 7.10. The number of carbonyl (C=O) groups is 3. The van der Waals surface area contributed by atoms with E-state index in [0.717, 1.165) is 4.88 Å². The Bertz CT molecular complexity index is 797. The van der Waals surface area contributed by atoms with Gasteiger partial charge in [-0.1, -0.05) is 19.9 Å². The van der Waals surface area contributed by atoms with Crippen LogP contribution in [0.3, 0.4) is 0 Å². The zero-order valence-electron chi connectivity index (χ0n) is 13.5. The van der Waals surface area contributed by atoms with E-state index in [0.29, 0.717) is 29.8 Å². The Hall–Kier alpha value is -2.47. The maximum atomic E-state index is 12.4. The van der Waals surface area contributed by atoms with Crippen LogP contribution in [-0.2, 0) is 11.2 Å². The summed E-state index contributed by atoms with van der Waals surface area (Å²) in [5.41, 5.74) is 1.29. The molecule has 3 rings (SSSR count). The predicted molar refractivity (Wildman–Crippen MR) is 93.3 cm³/mol. The number of anilines is 1. The van der Waals surface area contributed by atoms with Crippen LogP contribution in [0.1, 0.15) is 39.4 Å². The molecule has 6 heteroatoms. The molecule has 1 aliphatic heterocycles. The van der Waals surface area contributed by atoms with Gasteiger partial charge in [-0.05, 0) is 35.6 Å². The van der Waals surface area contributed by atoms with Gasteiger partial charge in [0.15, 0.2) is 0 Å². The van der Waals surface area contributed by atoms with Crippen LogP contribution in [0.4, 0.5) is 5.69 Å². The summed E-state index contributed by atoms with van der Waals surface area (Å²) in [7, 11) is 0. The fourth-order valence-corrected chi connectivity index (χ4v) is 3.38. The first-order valence-electron chi connectivity index (χ1n) is 7.78. The average Bonchev–Trinajstić information content (AvgIpc) is 3.10. The van der Waals surface area contributed by atoms with Crippen molar-refractivity contribution in [1.29, 1.82) is 0 Å². The number of nitrogens with zero attached hydrogens (tertiary/aromatic N) is 1. The first-order chi connectivity index (χ1) is 11.5. The Morgan fingerprint density at radius 1 is 1.17 bits per heavy atom.